The van der Waals surface area contributed by atoms with Crippen molar-refractivity contribution in [2.24, 2.45) is 0 Å². The van der Waals surface area contributed by atoms with Crippen molar-refractivity contribution in [3.05, 3.63) is 69.4 Å². The molecular formula is C17H13Cl2NO6S. The van der Waals surface area contributed by atoms with Crippen molar-refractivity contribution in [2.75, 3.05) is 4.72 Å². The second kappa shape index (κ2) is 7.99. The number of rotatable bonds is 6. The Morgan fingerprint density at radius 2 is 1.74 bits per heavy atom. The quantitative estimate of drug-likeness (QED) is 0.364. The van der Waals surface area contributed by atoms with Gasteiger partial charge in [-0.25, -0.2) is 13.2 Å². The summed E-state index contributed by atoms with van der Waals surface area (Å²) in [6.07, 6.45) is 0.523. The van der Waals surface area contributed by atoms with E-state index in [0.29, 0.717) is 16.7 Å². The van der Waals surface area contributed by atoms with E-state index in [0.717, 1.165) is 0 Å². The first-order chi connectivity index (χ1) is 12.5. The lowest BCUT2D eigenvalue weighted by molar-refractivity contribution is -0.135. The molecule has 2 aromatic rings. The highest BCUT2D eigenvalue weighted by Gasteiger charge is 2.20. The Bertz CT molecular complexity index is 1060. The molecule has 2 aromatic carbocycles. The summed E-state index contributed by atoms with van der Waals surface area (Å²) < 4.78 is 27.4. The second-order valence-electron chi connectivity index (χ2n) is 5.42. The van der Waals surface area contributed by atoms with Crippen molar-refractivity contribution < 1.29 is 28.2 Å². The number of hydrogen-bond acceptors (Lipinski definition) is 5. The molecule has 0 fully saturated rings. The summed E-state index contributed by atoms with van der Waals surface area (Å²) in [5, 5.41) is 18.0. The molecule has 0 heterocycles. The molecule has 3 N–H and O–H groups in total. The molecule has 0 saturated heterocycles. The zero-order chi connectivity index (χ0) is 20.4. The smallest absolute Gasteiger partial charge is 0.371 e. The van der Waals surface area contributed by atoms with Gasteiger partial charge in [0.2, 0.25) is 5.76 Å². The van der Waals surface area contributed by atoms with Gasteiger partial charge in [0.1, 0.15) is 4.90 Å². The number of halogens is 2. The van der Waals surface area contributed by atoms with Gasteiger partial charge in [-0.05, 0) is 36.8 Å². The number of ketones is 1. The van der Waals surface area contributed by atoms with E-state index in [9.17, 15) is 18.0 Å². The van der Waals surface area contributed by atoms with Crippen LogP contribution in [0, 0.1) is 6.92 Å². The van der Waals surface area contributed by atoms with Gasteiger partial charge in [-0.15, -0.1) is 0 Å². The van der Waals surface area contributed by atoms with E-state index in [4.69, 9.17) is 33.4 Å². The molecule has 0 unspecified atom stereocenters. The number of aliphatic hydroxyl groups excluding tert-OH is 1. The molecule has 10 heteroatoms. The molecule has 0 atom stereocenters. The molecule has 0 radical (unpaired) electrons. The minimum absolute atomic E-state index is 0.0265. The van der Waals surface area contributed by atoms with E-state index in [-0.39, 0.29) is 21.2 Å². The number of allylic oxidation sites excluding steroid dienone is 1. The Morgan fingerprint density at radius 3 is 2.37 bits per heavy atom. The first kappa shape index (κ1) is 20.8. The van der Waals surface area contributed by atoms with E-state index >= 15 is 0 Å². The zero-order valence-electron chi connectivity index (χ0n) is 13.7. The standard InChI is InChI=1S/C17H13Cl2NO6S/c1-9-5-16(13(19)7-12(9)18)27(25,26)20-11-4-2-3-10(6-11)14(21)8-15(22)17(23)24/h2-8,20,22H,1H3,(H,23,24). The lowest BCUT2D eigenvalue weighted by Crippen LogP contribution is -2.14. The lowest BCUT2D eigenvalue weighted by atomic mass is 10.1. The highest BCUT2D eigenvalue weighted by atomic mass is 35.5. The number of anilines is 1. The largest absolute Gasteiger partial charge is 0.502 e. The summed E-state index contributed by atoms with van der Waals surface area (Å²) in [4.78, 5) is 22.4. The SMILES string of the molecule is Cc1cc(S(=O)(=O)Nc2cccc(C(=O)C=C(O)C(=O)O)c2)c(Cl)cc1Cl. The minimum Gasteiger partial charge on any atom is -0.502 e. The van der Waals surface area contributed by atoms with Crippen molar-refractivity contribution in [1.82, 2.24) is 0 Å². The Morgan fingerprint density at radius 1 is 1.07 bits per heavy atom. The number of carbonyl (C=O) groups excluding carboxylic acids is 1. The number of aryl methyl sites for hydroxylation is 1. The molecule has 7 nitrogen and oxygen atoms in total. The third kappa shape index (κ3) is 5.00. The summed E-state index contributed by atoms with van der Waals surface area (Å²) in [7, 11) is -4.07. The van der Waals surface area contributed by atoms with Gasteiger partial charge in [0.15, 0.2) is 5.78 Å². The molecule has 0 bridgehead atoms. The molecule has 0 saturated carbocycles. The first-order valence-electron chi connectivity index (χ1n) is 7.28. The average Bonchev–Trinajstić information content (AvgIpc) is 2.57. The van der Waals surface area contributed by atoms with Crippen LogP contribution in [0.25, 0.3) is 0 Å². The van der Waals surface area contributed by atoms with Gasteiger partial charge in [-0.2, -0.15) is 0 Å². The van der Waals surface area contributed by atoms with Crippen LogP contribution in [0.15, 0.2) is 53.1 Å². The summed E-state index contributed by atoms with van der Waals surface area (Å²) >= 11 is 11.9. The van der Waals surface area contributed by atoms with Gasteiger partial charge in [-0.1, -0.05) is 35.3 Å². The fraction of sp³-hybridized carbons (Fsp3) is 0.0588. The number of carbonyl (C=O) groups is 2. The lowest BCUT2D eigenvalue weighted by Gasteiger charge is -2.11. The Hall–Kier alpha value is -2.55. The predicted molar refractivity (Wildman–Crippen MR) is 101 cm³/mol. The molecule has 0 amide bonds. The van der Waals surface area contributed by atoms with E-state index in [1.807, 2.05) is 0 Å². The number of nitrogens with one attached hydrogen (secondary N) is 1. The van der Waals surface area contributed by atoms with E-state index in [2.05, 4.69) is 4.72 Å². The molecule has 27 heavy (non-hydrogen) atoms. The normalized spacial score (nSPS) is 11.9. The number of benzene rings is 2. The van der Waals surface area contributed by atoms with Crippen LogP contribution in [0.3, 0.4) is 0 Å². The van der Waals surface area contributed by atoms with E-state index in [1.54, 1.807) is 6.92 Å². The fourth-order valence-electron chi connectivity index (χ4n) is 2.05. The van der Waals surface area contributed by atoms with Crippen molar-refractivity contribution in [3.8, 4) is 0 Å². The maximum atomic E-state index is 12.6. The summed E-state index contributed by atoms with van der Waals surface area (Å²) in [6, 6.07) is 7.95. The Kier molecular flexibility index (Phi) is 6.15. The monoisotopic (exact) mass is 429 g/mol. The number of aliphatic carboxylic acids is 1. The van der Waals surface area contributed by atoms with Gasteiger partial charge in [0.05, 0.1) is 5.02 Å². The average molecular weight is 430 g/mol. The second-order valence-corrected chi connectivity index (χ2v) is 7.88. The Balaban J connectivity index is 2.36. The van der Waals surface area contributed by atoms with Gasteiger partial charge >= 0.3 is 5.97 Å². The topological polar surface area (TPSA) is 121 Å². The number of sulfonamides is 1. The molecule has 142 valence electrons. The number of carboxylic acids is 1. The first-order valence-corrected chi connectivity index (χ1v) is 9.52. The molecule has 2 rings (SSSR count). The predicted octanol–water partition coefficient (Wildman–Crippen LogP) is 3.81. The van der Waals surface area contributed by atoms with Crippen LogP contribution in [0.1, 0.15) is 15.9 Å². The fourth-order valence-corrected chi connectivity index (χ4v) is 3.93. The van der Waals surface area contributed by atoms with Crippen LogP contribution in [0.2, 0.25) is 10.0 Å². The summed E-state index contributed by atoms with van der Waals surface area (Å²) in [6.45, 7) is 1.62. The zero-order valence-corrected chi connectivity index (χ0v) is 16.1. The van der Waals surface area contributed by atoms with Crippen LogP contribution < -0.4 is 4.72 Å². The molecule has 0 spiro atoms. The van der Waals surface area contributed by atoms with Crippen LogP contribution in [0.4, 0.5) is 5.69 Å². The number of hydrogen-bond donors (Lipinski definition) is 3. The van der Waals surface area contributed by atoms with Gasteiger partial charge in [-0.3, -0.25) is 9.52 Å². The maximum Gasteiger partial charge on any atom is 0.371 e. The van der Waals surface area contributed by atoms with Gasteiger partial charge < -0.3 is 10.2 Å². The number of aliphatic hydroxyl groups is 1. The van der Waals surface area contributed by atoms with Crippen LogP contribution in [-0.4, -0.2) is 30.4 Å². The van der Waals surface area contributed by atoms with Crippen molar-refractivity contribution >= 4 is 50.7 Å². The highest BCUT2D eigenvalue weighted by Crippen LogP contribution is 2.29. The number of carboxylic acid groups (broad SMARTS) is 1. The van der Waals surface area contributed by atoms with Crippen molar-refractivity contribution in [2.45, 2.75) is 11.8 Å². The Labute approximate surface area is 164 Å². The van der Waals surface area contributed by atoms with E-state index < -0.39 is 27.5 Å². The molecule has 0 aliphatic carbocycles. The van der Waals surface area contributed by atoms with E-state index in [1.165, 1.54) is 36.4 Å². The van der Waals surface area contributed by atoms with Crippen molar-refractivity contribution in [3.63, 3.8) is 0 Å². The molecule has 0 aliphatic heterocycles. The molecule has 0 aromatic heterocycles. The summed E-state index contributed by atoms with van der Waals surface area (Å²) in [5.74, 6) is -3.60. The van der Waals surface area contributed by atoms with Crippen LogP contribution >= 0.6 is 23.2 Å². The minimum atomic E-state index is -4.07. The van der Waals surface area contributed by atoms with Crippen LogP contribution in [0.5, 0.6) is 0 Å². The third-order valence-electron chi connectivity index (χ3n) is 3.39. The van der Waals surface area contributed by atoms with Gasteiger partial charge in [0.25, 0.3) is 10.0 Å². The highest BCUT2D eigenvalue weighted by molar-refractivity contribution is 7.92. The van der Waals surface area contributed by atoms with Gasteiger partial charge in [0, 0.05) is 22.3 Å². The molecule has 0 aliphatic rings. The summed E-state index contributed by atoms with van der Waals surface area (Å²) in [5.41, 5.74) is 0.536. The van der Waals surface area contributed by atoms with Crippen molar-refractivity contribution in [1.29, 1.82) is 0 Å². The third-order valence-corrected chi connectivity index (χ3v) is 5.64. The maximum absolute atomic E-state index is 12.6. The molecular weight excluding hydrogens is 417 g/mol. The van der Waals surface area contributed by atoms with Crippen LogP contribution in [-0.2, 0) is 14.8 Å².